The summed E-state index contributed by atoms with van der Waals surface area (Å²) >= 11 is 0. The molecule has 4 rings (SSSR count). The van der Waals surface area contributed by atoms with E-state index in [9.17, 15) is 9.59 Å². The van der Waals surface area contributed by atoms with Gasteiger partial charge in [0, 0.05) is 37.8 Å². The van der Waals surface area contributed by atoms with Crippen molar-refractivity contribution in [1.29, 1.82) is 0 Å². The van der Waals surface area contributed by atoms with Gasteiger partial charge in [-0.1, -0.05) is 18.2 Å². The quantitative estimate of drug-likeness (QED) is 0.673. The van der Waals surface area contributed by atoms with Crippen molar-refractivity contribution in [2.45, 2.75) is 18.9 Å². The van der Waals surface area contributed by atoms with Crippen molar-refractivity contribution in [3.63, 3.8) is 0 Å². The largest absolute Gasteiger partial charge is 0.497 e. The number of aromatic nitrogens is 2. The van der Waals surface area contributed by atoms with Gasteiger partial charge in [0.25, 0.3) is 5.91 Å². The number of H-pyrrole nitrogens is 1. The van der Waals surface area contributed by atoms with Crippen molar-refractivity contribution in [1.82, 2.24) is 19.8 Å². The number of carbonyl (C=O) groups is 1. The van der Waals surface area contributed by atoms with Gasteiger partial charge >= 0.3 is 5.69 Å². The summed E-state index contributed by atoms with van der Waals surface area (Å²) in [6.07, 6.45) is 1.84. The van der Waals surface area contributed by atoms with Crippen LogP contribution in [0.1, 0.15) is 29.2 Å². The molecule has 1 amide bonds. The fourth-order valence-electron chi connectivity index (χ4n) is 4.03. The van der Waals surface area contributed by atoms with Gasteiger partial charge in [0.1, 0.15) is 5.75 Å². The summed E-state index contributed by atoms with van der Waals surface area (Å²) in [5.74, 6) is 0.580. The van der Waals surface area contributed by atoms with Crippen molar-refractivity contribution in [3.8, 4) is 5.75 Å². The van der Waals surface area contributed by atoms with Gasteiger partial charge in [0.15, 0.2) is 0 Å². The van der Waals surface area contributed by atoms with E-state index in [1.807, 2.05) is 41.0 Å². The molecule has 2 aromatic carbocycles. The Balaban J connectivity index is 1.28. The van der Waals surface area contributed by atoms with Gasteiger partial charge < -0.3 is 19.9 Å². The second-order valence-electron chi connectivity index (χ2n) is 7.38. The Labute approximate surface area is 169 Å². The Morgan fingerprint density at radius 2 is 1.97 bits per heavy atom. The van der Waals surface area contributed by atoms with E-state index in [0.29, 0.717) is 17.9 Å². The molecule has 1 aliphatic heterocycles. The number of hydrogen-bond donors (Lipinski definition) is 2. The predicted octanol–water partition coefficient (Wildman–Crippen LogP) is 2.41. The summed E-state index contributed by atoms with van der Waals surface area (Å²) in [5, 5.41) is 2.97. The Hall–Kier alpha value is -3.06. The highest BCUT2D eigenvalue weighted by atomic mass is 16.5. The Morgan fingerprint density at radius 3 is 2.76 bits per heavy atom. The van der Waals surface area contributed by atoms with E-state index in [0.717, 1.165) is 43.5 Å². The number of nitrogens with zero attached hydrogens (tertiary/aromatic N) is 2. The maximum Gasteiger partial charge on any atom is 0.326 e. The Kier molecular flexibility index (Phi) is 5.67. The van der Waals surface area contributed by atoms with E-state index < -0.39 is 0 Å². The number of hydrogen-bond acceptors (Lipinski definition) is 4. The summed E-state index contributed by atoms with van der Waals surface area (Å²) in [4.78, 5) is 30.0. The van der Waals surface area contributed by atoms with E-state index in [4.69, 9.17) is 4.74 Å². The highest BCUT2D eigenvalue weighted by Gasteiger charge is 2.23. The molecule has 1 saturated heterocycles. The van der Waals surface area contributed by atoms with Crippen molar-refractivity contribution < 1.29 is 9.53 Å². The van der Waals surface area contributed by atoms with E-state index in [2.05, 4.69) is 15.2 Å². The molecule has 0 aliphatic carbocycles. The summed E-state index contributed by atoms with van der Waals surface area (Å²) in [7, 11) is 1.59. The maximum absolute atomic E-state index is 12.4. The Bertz CT molecular complexity index is 1050. The molecule has 0 radical (unpaired) electrons. The summed E-state index contributed by atoms with van der Waals surface area (Å²) in [6.45, 7) is 3.20. The minimum absolute atomic E-state index is 0.0322. The first-order valence-corrected chi connectivity index (χ1v) is 9.99. The maximum atomic E-state index is 12.4. The number of amides is 1. The lowest BCUT2D eigenvalue weighted by molar-refractivity contribution is 0.0944. The normalized spacial score (nSPS) is 15.5. The van der Waals surface area contributed by atoms with Crippen LogP contribution in [0.2, 0.25) is 0 Å². The first kappa shape index (κ1) is 19.3. The van der Waals surface area contributed by atoms with Crippen molar-refractivity contribution >= 4 is 16.9 Å². The van der Waals surface area contributed by atoms with Crippen LogP contribution in [-0.2, 0) is 0 Å². The first-order chi connectivity index (χ1) is 14.2. The number of ether oxygens (including phenoxy) is 1. The van der Waals surface area contributed by atoms with Gasteiger partial charge in [-0.15, -0.1) is 0 Å². The monoisotopic (exact) mass is 394 g/mol. The summed E-state index contributed by atoms with van der Waals surface area (Å²) < 4.78 is 7.07. The molecule has 152 valence electrons. The number of carbonyl (C=O) groups excluding carboxylic acids is 1. The number of imidazole rings is 1. The zero-order chi connectivity index (χ0) is 20.2. The number of methoxy groups -OCH3 is 1. The fraction of sp³-hybridized carbons (Fsp3) is 0.364. The molecular weight excluding hydrogens is 368 g/mol. The SMILES string of the molecule is COc1cccc(C(=O)NCCN2CCC(n3c(=O)[nH]c4ccccc43)CC2)c1. The van der Waals surface area contributed by atoms with Crippen molar-refractivity contribution in [3.05, 3.63) is 64.6 Å². The molecule has 7 heteroatoms. The van der Waals surface area contributed by atoms with E-state index in [1.54, 1.807) is 19.2 Å². The minimum atomic E-state index is -0.0934. The lowest BCUT2D eigenvalue weighted by atomic mass is 10.0. The van der Waals surface area contributed by atoms with Crippen LogP contribution in [-0.4, -0.2) is 53.6 Å². The number of fused-ring (bicyclic) bond motifs is 1. The second-order valence-corrected chi connectivity index (χ2v) is 7.38. The molecule has 3 aromatic rings. The lowest BCUT2D eigenvalue weighted by Crippen LogP contribution is -2.41. The average molecular weight is 394 g/mol. The standard InChI is InChI=1S/C22H26N4O3/c1-29-18-6-4-5-16(15-18)21(27)23-11-14-25-12-9-17(10-13-25)26-20-8-3-2-7-19(20)24-22(26)28/h2-8,15,17H,9-14H2,1H3,(H,23,27)(H,24,28). The predicted molar refractivity (Wildman–Crippen MR) is 113 cm³/mol. The van der Waals surface area contributed by atoms with Crippen molar-refractivity contribution in [2.24, 2.45) is 0 Å². The van der Waals surface area contributed by atoms with Crippen molar-refractivity contribution in [2.75, 3.05) is 33.3 Å². The molecule has 0 spiro atoms. The minimum Gasteiger partial charge on any atom is -0.497 e. The molecule has 1 fully saturated rings. The van der Waals surface area contributed by atoms with Gasteiger partial charge in [0.2, 0.25) is 0 Å². The van der Waals surface area contributed by atoms with Crippen LogP contribution in [0, 0.1) is 0 Å². The average Bonchev–Trinajstić information content (AvgIpc) is 3.10. The number of rotatable bonds is 6. The first-order valence-electron chi connectivity index (χ1n) is 9.99. The molecule has 2 heterocycles. The van der Waals surface area contributed by atoms with Crippen LogP contribution < -0.4 is 15.7 Å². The summed E-state index contributed by atoms with van der Waals surface area (Å²) in [5.41, 5.74) is 2.43. The molecule has 0 bridgehead atoms. The third-order valence-electron chi connectivity index (χ3n) is 5.59. The smallest absolute Gasteiger partial charge is 0.326 e. The van der Waals surface area contributed by atoms with Crippen LogP contribution in [0.15, 0.2) is 53.3 Å². The van der Waals surface area contributed by atoms with Gasteiger partial charge in [-0.2, -0.15) is 0 Å². The number of nitrogens with one attached hydrogen (secondary N) is 2. The van der Waals surface area contributed by atoms with E-state index >= 15 is 0 Å². The van der Waals surface area contributed by atoms with Gasteiger partial charge in [-0.25, -0.2) is 4.79 Å². The second kappa shape index (κ2) is 8.53. The molecule has 2 N–H and O–H groups in total. The van der Waals surface area contributed by atoms with Gasteiger partial charge in [-0.3, -0.25) is 9.36 Å². The number of piperidine rings is 1. The zero-order valence-electron chi connectivity index (χ0n) is 16.6. The number of aromatic amines is 1. The molecule has 7 nitrogen and oxygen atoms in total. The van der Waals surface area contributed by atoms with E-state index in [1.165, 1.54) is 0 Å². The van der Waals surface area contributed by atoms with E-state index in [-0.39, 0.29) is 17.6 Å². The van der Waals surface area contributed by atoms with Crippen LogP contribution in [0.3, 0.4) is 0 Å². The van der Waals surface area contributed by atoms with Crippen LogP contribution in [0.25, 0.3) is 11.0 Å². The highest BCUT2D eigenvalue weighted by molar-refractivity contribution is 5.94. The molecule has 0 saturated carbocycles. The number of para-hydroxylation sites is 2. The van der Waals surface area contributed by atoms with Gasteiger partial charge in [-0.05, 0) is 43.2 Å². The number of benzene rings is 2. The molecule has 0 atom stereocenters. The highest BCUT2D eigenvalue weighted by Crippen LogP contribution is 2.24. The molecule has 1 aromatic heterocycles. The molecule has 29 heavy (non-hydrogen) atoms. The molecular formula is C22H26N4O3. The molecule has 0 unspecified atom stereocenters. The molecule has 1 aliphatic rings. The Morgan fingerprint density at radius 1 is 1.17 bits per heavy atom. The van der Waals surface area contributed by atoms with Crippen LogP contribution in [0.4, 0.5) is 0 Å². The third-order valence-corrected chi connectivity index (χ3v) is 5.59. The fourth-order valence-corrected chi connectivity index (χ4v) is 4.03. The zero-order valence-corrected chi connectivity index (χ0v) is 16.6. The third kappa shape index (κ3) is 4.19. The van der Waals surface area contributed by atoms with Gasteiger partial charge in [0.05, 0.1) is 18.1 Å². The number of likely N-dealkylation sites (tertiary alicyclic amines) is 1. The van der Waals surface area contributed by atoms with Crippen LogP contribution in [0.5, 0.6) is 5.75 Å². The summed E-state index contributed by atoms with van der Waals surface area (Å²) in [6, 6.07) is 15.2. The van der Waals surface area contributed by atoms with Crippen LogP contribution >= 0.6 is 0 Å². The lowest BCUT2D eigenvalue weighted by Gasteiger charge is -2.32. The topological polar surface area (TPSA) is 79.4 Å².